The molecule has 0 aliphatic carbocycles. The molecule has 0 bridgehead atoms. The highest BCUT2D eigenvalue weighted by atomic mass is 32.1. The summed E-state index contributed by atoms with van der Waals surface area (Å²) < 4.78 is 43.2. The summed E-state index contributed by atoms with van der Waals surface area (Å²) in [5, 5.41) is 5.24. The van der Waals surface area contributed by atoms with Gasteiger partial charge in [-0.15, -0.1) is 11.3 Å². The van der Waals surface area contributed by atoms with Gasteiger partial charge in [-0.25, -0.2) is 4.98 Å². The number of thiazole rings is 1. The summed E-state index contributed by atoms with van der Waals surface area (Å²) in [7, 11) is 0. The minimum atomic E-state index is -4.43. The lowest BCUT2D eigenvalue weighted by atomic mass is 9.98. The van der Waals surface area contributed by atoms with Gasteiger partial charge in [-0.2, -0.15) is 13.2 Å². The molecule has 2 aromatic heterocycles. The topological polar surface area (TPSA) is 59.2 Å². The van der Waals surface area contributed by atoms with Crippen molar-refractivity contribution >= 4 is 17.2 Å². The zero-order chi connectivity index (χ0) is 17.5. The first-order valence-electron chi connectivity index (χ1n) is 7.52. The molecule has 0 spiro atoms. The molecule has 0 N–H and O–H groups in total. The van der Waals surface area contributed by atoms with E-state index >= 15 is 0 Å². The molecule has 3 heterocycles. The largest absolute Gasteiger partial charge is 0.434 e. The van der Waals surface area contributed by atoms with Gasteiger partial charge < -0.3 is 9.42 Å². The number of aryl methyl sites for hydroxylation is 2. The van der Waals surface area contributed by atoms with Crippen LogP contribution in [0.3, 0.4) is 0 Å². The number of rotatable bonds is 2. The van der Waals surface area contributed by atoms with Crippen LogP contribution in [0.4, 0.5) is 13.2 Å². The Morgan fingerprint density at radius 3 is 2.75 bits per heavy atom. The van der Waals surface area contributed by atoms with E-state index < -0.39 is 11.9 Å². The summed E-state index contributed by atoms with van der Waals surface area (Å²) in [6.45, 7) is 4.29. The average Bonchev–Trinajstić information content (AvgIpc) is 3.14. The van der Waals surface area contributed by atoms with Crippen molar-refractivity contribution in [3.8, 4) is 0 Å². The predicted molar refractivity (Wildman–Crippen MR) is 81.0 cm³/mol. The maximum absolute atomic E-state index is 12.7. The Balaban J connectivity index is 1.77. The van der Waals surface area contributed by atoms with E-state index in [1.165, 1.54) is 0 Å². The van der Waals surface area contributed by atoms with Crippen LogP contribution in [-0.4, -0.2) is 34.0 Å². The monoisotopic (exact) mass is 359 g/mol. The standard InChI is InChI=1S/C15H16F3N3O2S/c1-8-12(9(2)23-20-8)14(22)21-5-3-4-10(6-21)13-19-11(7-24-13)15(16,17)18/h7,10H,3-6H2,1-2H3. The molecule has 130 valence electrons. The Kier molecular flexibility index (Phi) is 4.37. The molecular weight excluding hydrogens is 343 g/mol. The van der Waals surface area contributed by atoms with Crippen molar-refractivity contribution < 1.29 is 22.5 Å². The molecule has 24 heavy (non-hydrogen) atoms. The third-order valence-electron chi connectivity index (χ3n) is 4.12. The quantitative estimate of drug-likeness (QED) is 0.819. The van der Waals surface area contributed by atoms with Crippen LogP contribution in [0, 0.1) is 13.8 Å². The highest BCUT2D eigenvalue weighted by Gasteiger charge is 2.36. The fraction of sp³-hybridized carbons (Fsp3) is 0.533. The fourth-order valence-corrected chi connectivity index (χ4v) is 3.87. The summed E-state index contributed by atoms with van der Waals surface area (Å²) >= 11 is 1.00. The second kappa shape index (κ2) is 6.19. The van der Waals surface area contributed by atoms with E-state index in [4.69, 9.17) is 4.52 Å². The van der Waals surface area contributed by atoms with Crippen LogP contribution in [0.5, 0.6) is 0 Å². The minimum absolute atomic E-state index is 0.177. The van der Waals surface area contributed by atoms with Crippen molar-refractivity contribution in [3.05, 3.63) is 33.1 Å². The number of alkyl halides is 3. The Bertz CT molecular complexity index is 734. The molecule has 1 aliphatic rings. The maximum atomic E-state index is 12.7. The van der Waals surface area contributed by atoms with E-state index in [0.717, 1.165) is 29.6 Å². The molecule has 1 amide bonds. The second-order valence-corrected chi connectivity index (χ2v) is 6.75. The van der Waals surface area contributed by atoms with Gasteiger partial charge in [0.05, 0.1) is 10.7 Å². The average molecular weight is 359 g/mol. The summed E-state index contributed by atoms with van der Waals surface area (Å²) in [6, 6.07) is 0. The van der Waals surface area contributed by atoms with Crippen LogP contribution in [0.25, 0.3) is 0 Å². The zero-order valence-electron chi connectivity index (χ0n) is 13.2. The van der Waals surface area contributed by atoms with E-state index in [-0.39, 0.29) is 11.8 Å². The number of nitrogens with zero attached hydrogens (tertiary/aromatic N) is 3. The van der Waals surface area contributed by atoms with Crippen molar-refractivity contribution in [1.29, 1.82) is 0 Å². The van der Waals surface area contributed by atoms with Crippen LogP contribution in [0.1, 0.15) is 51.3 Å². The minimum Gasteiger partial charge on any atom is -0.361 e. The molecule has 9 heteroatoms. The summed E-state index contributed by atoms with van der Waals surface area (Å²) in [4.78, 5) is 18.0. The number of halogens is 3. The smallest absolute Gasteiger partial charge is 0.361 e. The first-order valence-corrected chi connectivity index (χ1v) is 8.40. The van der Waals surface area contributed by atoms with Gasteiger partial charge in [-0.3, -0.25) is 4.79 Å². The molecule has 1 aliphatic heterocycles. The van der Waals surface area contributed by atoms with Gasteiger partial charge in [0.15, 0.2) is 5.69 Å². The Hall–Kier alpha value is -1.90. The van der Waals surface area contributed by atoms with Gasteiger partial charge >= 0.3 is 6.18 Å². The highest BCUT2D eigenvalue weighted by Crippen LogP contribution is 2.35. The molecule has 1 unspecified atom stereocenters. The number of hydrogen-bond donors (Lipinski definition) is 0. The van der Waals surface area contributed by atoms with Gasteiger partial charge in [0, 0.05) is 24.4 Å². The van der Waals surface area contributed by atoms with Gasteiger partial charge in [0.1, 0.15) is 11.3 Å². The molecule has 0 radical (unpaired) electrons. The lowest BCUT2D eigenvalue weighted by Gasteiger charge is -2.31. The molecule has 2 aromatic rings. The predicted octanol–water partition coefficient (Wildman–Crippen LogP) is 3.79. The molecule has 0 aromatic carbocycles. The normalized spacial score (nSPS) is 18.9. The molecule has 1 atom stereocenters. The van der Waals surface area contributed by atoms with Crippen molar-refractivity contribution in [2.45, 2.75) is 38.8 Å². The van der Waals surface area contributed by atoms with Crippen molar-refractivity contribution in [3.63, 3.8) is 0 Å². The van der Waals surface area contributed by atoms with E-state index in [1.54, 1.807) is 18.7 Å². The van der Waals surface area contributed by atoms with E-state index in [0.29, 0.717) is 35.1 Å². The van der Waals surface area contributed by atoms with Crippen LogP contribution in [-0.2, 0) is 6.18 Å². The van der Waals surface area contributed by atoms with Crippen molar-refractivity contribution in [2.24, 2.45) is 0 Å². The van der Waals surface area contributed by atoms with Gasteiger partial charge in [-0.1, -0.05) is 5.16 Å². The highest BCUT2D eigenvalue weighted by molar-refractivity contribution is 7.09. The SMILES string of the molecule is Cc1noc(C)c1C(=O)N1CCCC(c2nc(C(F)(F)F)cs2)C1. The molecule has 5 nitrogen and oxygen atoms in total. The van der Waals surface area contributed by atoms with Crippen molar-refractivity contribution in [2.75, 3.05) is 13.1 Å². The Labute approximate surface area is 140 Å². The number of hydrogen-bond acceptors (Lipinski definition) is 5. The van der Waals surface area contributed by atoms with Gasteiger partial charge in [0.2, 0.25) is 0 Å². The number of likely N-dealkylation sites (tertiary alicyclic amines) is 1. The van der Waals surface area contributed by atoms with E-state index in [2.05, 4.69) is 10.1 Å². The number of carbonyl (C=O) groups excluding carboxylic acids is 1. The van der Waals surface area contributed by atoms with Crippen molar-refractivity contribution in [1.82, 2.24) is 15.0 Å². The van der Waals surface area contributed by atoms with E-state index in [1.807, 2.05) is 0 Å². The summed E-state index contributed by atoms with van der Waals surface area (Å²) in [6.07, 6.45) is -2.99. The Morgan fingerprint density at radius 2 is 2.17 bits per heavy atom. The van der Waals surface area contributed by atoms with E-state index in [9.17, 15) is 18.0 Å². The van der Waals surface area contributed by atoms with Crippen LogP contribution in [0.15, 0.2) is 9.90 Å². The lowest BCUT2D eigenvalue weighted by Crippen LogP contribution is -2.39. The third-order valence-corrected chi connectivity index (χ3v) is 5.12. The zero-order valence-corrected chi connectivity index (χ0v) is 14.0. The number of carbonyl (C=O) groups is 1. The van der Waals surface area contributed by atoms with Crippen LogP contribution >= 0.6 is 11.3 Å². The molecule has 3 rings (SSSR count). The first kappa shape index (κ1) is 16.9. The van der Waals surface area contributed by atoms with Gasteiger partial charge in [0.25, 0.3) is 5.91 Å². The fourth-order valence-electron chi connectivity index (χ4n) is 2.91. The summed E-state index contributed by atoms with van der Waals surface area (Å²) in [5.74, 6) is 0.0843. The second-order valence-electron chi connectivity index (χ2n) is 5.86. The summed E-state index contributed by atoms with van der Waals surface area (Å²) in [5.41, 5.74) is 0.0932. The number of aromatic nitrogens is 2. The maximum Gasteiger partial charge on any atom is 0.434 e. The third kappa shape index (κ3) is 3.17. The molecule has 0 saturated carbocycles. The lowest BCUT2D eigenvalue weighted by molar-refractivity contribution is -0.140. The van der Waals surface area contributed by atoms with Crippen LogP contribution < -0.4 is 0 Å². The molecule has 1 fully saturated rings. The number of piperidine rings is 1. The van der Waals surface area contributed by atoms with Crippen LogP contribution in [0.2, 0.25) is 0 Å². The number of amides is 1. The Morgan fingerprint density at radius 1 is 1.42 bits per heavy atom. The molecule has 1 saturated heterocycles. The molecular formula is C15H16F3N3O2S. The van der Waals surface area contributed by atoms with Gasteiger partial charge in [-0.05, 0) is 26.7 Å². The first-order chi connectivity index (χ1) is 11.3.